The zero-order chi connectivity index (χ0) is 20.1. The van der Waals surface area contributed by atoms with E-state index in [-0.39, 0.29) is 29.3 Å². The quantitative estimate of drug-likeness (QED) is 0.651. The Bertz CT molecular complexity index is 892. The number of anilines is 2. The Labute approximate surface area is 169 Å². The minimum absolute atomic E-state index is 0.0515. The van der Waals surface area contributed by atoms with Crippen molar-refractivity contribution in [1.82, 2.24) is 5.32 Å². The van der Waals surface area contributed by atoms with Gasteiger partial charge >= 0.3 is 0 Å². The third kappa shape index (κ3) is 5.29. The predicted octanol–water partition coefficient (Wildman–Crippen LogP) is 3.41. The Morgan fingerprint density at radius 2 is 1.71 bits per heavy atom. The maximum absolute atomic E-state index is 12.2. The Hall–Kier alpha value is -2.93. The van der Waals surface area contributed by atoms with Crippen LogP contribution in [0.5, 0.6) is 5.75 Å². The second kappa shape index (κ2) is 8.84. The normalized spacial score (nSPS) is 12.8. The molecule has 0 heterocycles. The van der Waals surface area contributed by atoms with Gasteiger partial charge in [-0.25, -0.2) is 0 Å². The Kier molecular flexibility index (Phi) is 6.26. The molecule has 6 nitrogen and oxygen atoms in total. The summed E-state index contributed by atoms with van der Waals surface area (Å²) in [5, 5.41) is 8.88. The molecule has 1 aliphatic carbocycles. The maximum Gasteiger partial charge on any atom is 0.230 e. The first-order valence-electron chi connectivity index (χ1n) is 9.10. The molecule has 0 saturated heterocycles. The van der Waals surface area contributed by atoms with Crippen LogP contribution in [-0.4, -0.2) is 24.0 Å². The van der Waals surface area contributed by atoms with E-state index in [4.69, 9.17) is 17.0 Å². The lowest BCUT2D eigenvalue weighted by molar-refractivity contribution is -0.119. The first-order valence-corrected chi connectivity index (χ1v) is 9.51. The fourth-order valence-electron chi connectivity index (χ4n) is 2.74. The molecule has 2 amide bonds. The molecular weight excluding hydrogens is 374 g/mol. The number of thiocarbonyl (C=S) groups is 1. The second-order valence-electron chi connectivity index (χ2n) is 6.77. The highest BCUT2D eigenvalue weighted by atomic mass is 32.1. The number of carbonyl (C=O) groups is 2. The molecule has 146 valence electrons. The highest BCUT2D eigenvalue weighted by Gasteiger charge is 2.29. The summed E-state index contributed by atoms with van der Waals surface area (Å²) in [5.41, 5.74) is 3.21. The van der Waals surface area contributed by atoms with Crippen molar-refractivity contribution in [2.75, 3.05) is 17.7 Å². The van der Waals surface area contributed by atoms with Gasteiger partial charge < -0.3 is 20.7 Å². The van der Waals surface area contributed by atoms with Gasteiger partial charge in [-0.05, 0) is 67.4 Å². The van der Waals surface area contributed by atoms with Crippen molar-refractivity contribution in [1.29, 1.82) is 0 Å². The number of methoxy groups -OCH3 is 1. The van der Waals surface area contributed by atoms with Gasteiger partial charge in [0.05, 0.1) is 13.5 Å². The molecule has 1 fully saturated rings. The number of hydrogen-bond acceptors (Lipinski definition) is 4. The predicted molar refractivity (Wildman–Crippen MR) is 114 cm³/mol. The monoisotopic (exact) mass is 397 g/mol. The van der Waals surface area contributed by atoms with Gasteiger partial charge in [0.15, 0.2) is 5.11 Å². The maximum atomic E-state index is 12.2. The summed E-state index contributed by atoms with van der Waals surface area (Å²) in [5.74, 6) is 0.717. The van der Waals surface area contributed by atoms with Gasteiger partial charge in [-0.1, -0.05) is 18.2 Å². The molecule has 7 heteroatoms. The van der Waals surface area contributed by atoms with Crippen LogP contribution in [0, 0.1) is 12.8 Å². The zero-order valence-electron chi connectivity index (χ0n) is 15.9. The summed E-state index contributed by atoms with van der Waals surface area (Å²) in [7, 11) is 1.60. The van der Waals surface area contributed by atoms with Gasteiger partial charge in [-0.3, -0.25) is 9.59 Å². The fourth-order valence-corrected chi connectivity index (χ4v) is 2.96. The van der Waals surface area contributed by atoms with Crippen LogP contribution < -0.4 is 20.7 Å². The van der Waals surface area contributed by atoms with Crippen molar-refractivity contribution in [2.24, 2.45) is 5.92 Å². The minimum Gasteiger partial charge on any atom is -0.497 e. The highest BCUT2D eigenvalue weighted by Crippen LogP contribution is 2.31. The number of ether oxygens (including phenoxy) is 1. The van der Waals surface area contributed by atoms with E-state index < -0.39 is 0 Å². The largest absolute Gasteiger partial charge is 0.497 e. The molecule has 0 radical (unpaired) electrons. The molecule has 1 aliphatic rings. The van der Waals surface area contributed by atoms with E-state index in [0.29, 0.717) is 0 Å². The second-order valence-corrected chi connectivity index (χ2v) is 7.18. The molecule has 2 aromatic carbocycles. The van der Waals surface area contributed by atoms with E-state index in [1.54, 1.807) is 7.11 Å². The smallest absolute Gasteiger partial charge is 0.230 e. The lowest BCUT2D eigenvalue weighted by Crippen LogP contribution is -2.35. The van der Waals surface area contributed by atoms with Crippen molar-refractivity contribution < 1.29 is 14.3 Å². The Balaban J connectivity index is 1.56. The Morgan fingerprint density at radius 3 is 2.32 bits per heavy atom. The van der Waals surface area contributed by atoms with Crippen LogP contribution in [0.4, 0.5) is 11.4 Å². The van der Waals surface area contributed by atoms with Crippen molar-refractivity contribution in [3.8, 4) is 5.75 Å². The molecule has 3 rings (SSSR count). The van der Waals surface area contributed by atoms with Gasteiger partial charge in [0.25, 0.3) is 0 Å². The van der Waals surface area contributed by atoms with Crippen LogP contribution in [-0.2, 0) is 16.0 Å². The van der Waals surface area contributed by atoms with Crippen molar-refractivity contribution in [3.05, 3.63) is 53.6 Å². The SMILES string of the molecule is COc1ccc(CC(=O)NC(=S)Nc2cccc(NC(=O)C3CC3)c2C)cc1. The van der Waals surface area contributed by atoms with Crippen molar-refractivity contribution in [2.45, 2.75) is 26.2 Å². The van der Waals surface area contributed by atoms with Crippen LogP contribution >= 0.6 is 12.2 Å². The van der Waals surface area contributed by atoms with E-state index in [9.17, 15) is 9.59 Å². The van der Waals surface area contributed by atoms with Crippen LogP contribution in [0.2, 0.25) is 0 Å². The Morgan fingerprint density at radius 1 is 1.07 bits per heavy atom. The molecule has 0 aromatic heterocycles. The molecule has 0 atom stereocenters. The summed E-state index contributed by atoms with van der Waals surface area (Å²) in [6.07, 6.45) is 2.11. The first kappa shape index (κ1) is 19.8. The number of benzene rings is 2. The fraction of sp³-hybridized carbons (Fsp3) is 0.286. The van der Waals surface area contributed by atoms with E-state index in [1.807, 2.05) is 49.4 Å². The first-order chi connectivity index (χ1) is 13.5. The molecule has 1 saturated carbocycles. The number of rotatable bonds is 6. The molecular formula is C21H23N3O3S. The van der Waals surface area contributed by atoms with Gasteiger partial charge in [0.1, 0.15) is 5.75 Å². The molecule has 0 spiro atoms. The number of hydrogen-bond donors (Lipinski definition) is 3. The zero-order valence-corrected chi connectivity index (χ0v) is 16.7. The van der Waals surface area contributed by atoms with Crippen molar-refractivity contribution in [3.63, 3.8) is 0 Å². The number of nitrogens with one attached hydrogen (secondary N) is 3. The van der Waals surface area contributed by atoms with E-state index in [0.717, 1.165) is 41.1 Å². The van der Waals surface area contributed by atoms with E-state index in [1.165, 1.54) is 0 Å². The van der Waals surface area contributed by atoms with E-state index >= 15 is 0 Å². The average Bonchev–Trinajstić information content (AvgIpc) is 3.50. The molecule has 3 N–H and O–H groups in total. The van der Waals surface area contributed by atoms with Gasteiger partial charge in [-0.15, -0.1) is 0 Å². The molecule has 2 aromatic rings. The van der Waals surface area contributed by atoms with Gasteiger partial charge in [-0.2, -0.15) is 0 Å². The number of amides is 2. The van der Waals surface area contributed by atoms with Gasteiger partial charge in [0.2, 0.25) is 11.8 Å². The molecule has 0 bridgehead atoms. The summed E-state index contributed by atoms with van der Waals surface area (Å²) in [6, 6.07) is 12.8. The molecule has 0 unspecified atom stereocenters. The summed E-state index contributed by atoms with van der Waals surface area (Å²) >= 11 is 5.26. The van der Waals surface area contributed by atoms with Crippen LogP contribution in [0.3, 0.4) is 0 Å². The van der Waals surface area contributed by atoms with E-state index in [2.05, 4.69) is 16.0 Å². The highest BCUT2D eigenvalue weighted by molar-refractivity contribution is 7.80. The summed E-state index contributed by atoms with van der Waals surface area (Å²) in [6.45, 7) is 1.90. The number of carbonyl (C=O) groups excluding carboxylic acids is 2. The molecule has 28 heavy (non-hydrogen) atoms. The summed E-state index contributed by atoms with van der Waals surface area (Å²) < 4.78 is 5.11. The standard InChI is InChI=1S/C21H23N3O3S/c1-13-17(22-20(26)15-8-9-15)4-3-5-18(13)23-21(28)24-19(25)12-14-6-10-16(27-2)11-7-14/h3-7,10-11,15H,8-9,12H2,1-2H3,(H,22,26)(H2,23,24,25,28). The topological polar surface area (TPSA) is 79.5 Å². The lowest BCUT2D eigenvalue weighted by atomic mass is 10.1. The molecule has 0 aliphatic heterocycles. The average molecular weight is 398 g/mol. The minimum atomic E-state index is -0.210. The van der Waals surface area contributed by atoms with Gasteiger partial charge in [0, 0.05) is 17.3 Å². The summed E-state index contributed by atoms with van der Waals surface area (Å²) in [4.78, 5) is 24.2. The van der Waals surface area contributed by atoms with Crippen LogP contribution in [0.25, 0.3) is 0 Å². The van der Waals surface area contributed by atoms with Crippen LogP contribution in [0.15, 0.2) is 42.5 Å². The van der Waals surface area contributed by atoms with Crippen molar-refractivity contribution >= 4 is 40.5 Å². The van der Waals surface area contributed by atoms with Crippen LogP contribution in [0.1, 0.15) is 24.0 Å². The lowest BCUT2D eigenvalue weighted by Gasteiger charge is -2.15. The third-order valence-electron chi connectivity index (χ3n) is 4.56. The third-order valence-corrected chi connectivity index (χ3v) is 4.77.